The molecule has 0 N–H and O–H groups in total. The molecule has 2 aliphatic rings. The van der Waals surface area contributed by atoms with Gasteiger partial charge < -0.3 is 8.80 Å². The van der Waals surface area contributed by atoms with Crippen LogP contribution in [0.2, 0.25) is 0 Å². The largest absolute Gasteiger partial charge is 0.324 e. The molecule has 2 fully saturated rings. The van der Waals surface area contributed by atoms with E-state index in [1.807, 2.05) is 0 Å². The number of hydrogen-bond donors (Lipinski definition) is 0. The molecule has 0 aliphatic heterocycles. The van der Waals surface area contributed by atoms with Crippen LogP contribution in [0.5, 0.6) is 0 Å². The van der Waals surface area contributed by atoms with Gasteiger partial charge in [0.05, 0.1) is 24.0 Å². The smallest absolute Gasteiger partial charge is 0.191 e. The van der Waals surface area contributed by atoms with Gasteiger partial charge in [-0.15, -0.1) is 0 Å². The first kappa shape index (κ1) is 20.4. The van der Waals surface area contributed by atoms with Crippen molar-refractivity contribution in [2.45, 2.75) is 50.5 Å². The normalized spacial score (nSPS) is 15.8. The zero-order chi connectivity index (χ0) is 23.5. The molecule has 5 aromatic rings. The van der Waals surface area contributed by atoms with E-state index in [1.54, 1.807) is 17.1 Å². The van der Waals surface area contributed by atoms with Gasteiger partial charge >= 0.3 is 0 Å². The molecular formula is C29H27N5O. The summed E-state index contributed by atoms with van der Waals surface area (Å²) in [5, 5.41) is 4.43. The Kier molecular flexibility index (Phi) is 4.56. The van der Waals surface area contributed by atoms with Crippen LogP contribution in [-0.2, 0) is 13.0 Å². The van der Waals surface area contributed by atoms with Crippen molar-refractivity contribution in [1.29, 1.82) is 0 Å². The van der Waals surface area contributed by atoms with Gasteiger partial charge in [0.1, 0.15) is 5.65 Å². The third-order valence-electron chi connectivity index (χ3n) is 7.34. The fourth-order valence-corrected chi connectivity index (χ4v) is 5.03. The number of nitrogens with zero attached hydrogens (tertiary/aromatic N) is 5. The third kappa shape index (κ3) is 3.89. The first-order valence-electron chi connectivity index (χ1n) is 12.4. The van der Waals surface area contributed by atoms with E-state index in [1.165, 1.54) is 36.8 Å². The van der Waals surface area contributed by atoms with Crippen LogP contribution in [0.15, 0.2) is 79.7 Å². The first-order chi connectivity index (χ1) is 17.1. The lowest BCUT2D eigenvalue weighted by molar-refractivity contribution is 0.103. The van der Waals surface area contributed by atoms with Gasteiger partial charge in [-0.2, -0.15) is 5.10 Å². The van der Waals surface area contributed by atoms with E-state index >= 15 is 0 Å². The summed E-state index contributed by atoms with van der Waals surface area (Å²) < 4.78 is 6.00. The molecule has 0 unspecified atom stereocenters. The fraction of sp³-hybridized carbons (Fsp3) is 0.276. The quantitative estimate of drug-likeness (QED) is 0.224. The Balaban J connectivity index is 1.06. The van der Waals surface area contributed by atoms with Gasteiger partial charge in [0, 0.05) is 42.9 Å². The van der Waals surface area contributed by atoms with Gasteiger partial charge in [-0.1, -0.05) is 12.6 Å². The SMILES string of the molecule is C=C(Cc1ccn2ccc(C3CC3)cc12)C(=O)c1cnn(Cc2cn3cc(C4CC4)ccc3n2)c1. The van der Waals surface area contributed by atoms with E-state index in [-0.39, 0.29) is 5.78 Å². The molecule has 6 heteroatoms. The summed E-state index contributed by atoms with van der Waals surface area (Å²) in [5.41, 5.74) is 8.07. The van der Waals surface area contributed by atoms with Crippen molar-refractivity contribution in [3.63, 3.8) is 0 Å². The summed E-state index contributed by atoms with van der Waals surface area (Å²) >= 11 is 0. The minimum Gasteiger partial charge on any atom is -0.324 e. The molecule has 0 bridgehead atoms. The highest BCUT2D eigenvalue weighted by Gasteiger charge is 2.25. The van der Waals surface area contributed by atoms with Gasteiger partial charge in [0.2, 0.25) is 0 Å². The minimum absolute atomic E-state index is 0.0574. The molecule has 5 heterocycles. The number of fused-ring (bicyclic) bond motifs is 2. The predicted molar refractivity (Wildman–Crippen MR) is 135 cm³/mol. The second-order valence-corrected chi connectivity index (χ2v) is 10.1. The molecule has 2 aliphatic carbocycles. The number of Topliss-reactive ketones (excluding diaryl/α,β-unsaturated/α-hetero) is 1. The van der Waals surface area contributed by atoms with E-state index < -0.39 is 0 Å². The van der Waals surface area contributed by atoms with Gasteiger partial charge in [-0.3, -0.25) is 9.48 Å². The van der Waals surface area contributed by atoms with Crippen LogP contribution in [0.1, 0.15) is 70.3 Å². The molecule has 0 aromatic carbocycles. The van der Waals surface area contributed by atoms with E-state index in [4.69, 9.17) is 4.98 Å². The minimum atomic E-state index is -0.0574. The zero-order valence-corrected chi connectivity index (χ0v) is 19.6. The second-order valence-electron chi connectivity index (χ2n) is 10.1. The van der Waals surface area contributed by atoms with E-state index in [2.05, 4.69) is 75.6 Å². The molecule has 174 valence electrons. The maximum Gasteiger partial charge on any atom is 0.191 e. The predicted octanol–water partition coefficient (Wildman–Crippen LogP) is 5.57. The number of imidazole rings is 1. The number of pyridine rings is 2. The fourth-order valence-electron chi connectivity index (χ4n) is 5.03. The average Bonchev–Trinajstić information content (AvgIpc) is 3.78. The Morgan fingerprint density at radius 3 is 2.57 bits per heavy atom. The first-order valence-corrected chi connectivity index (χ1v) is 12.4. The average molecular weight is 462 g/mol. The Labute approximate surface area is 203 Å². The number of carbonyl (C=O) groups is 1. The van der Waals surface area contributed by atoms with Crippen LogP contribution >= 0.6 is 0 Å². The number of allylic oxidation sites excluding steroid dienone is 1. The molecule has 0 atom stereocenters. The van der Waals surface area contributed by atoms with Gasteiger partial charge in [-0.25, -0.2) is 4.98 Å². The maximum atomic E-state index is 13.1. The van der Waals surface area contributed by atoms with E-state index in [0.717, 1.165) is 22.4 Å². The van der Waals surface area contributed by atoms with Crippen molar-refractivity contribution in [3.05, 3.63) is 108 Å². The van der Waals surface area contributed by atoms with Crippen LogP contribution in [0.3, 0.4) is 0 Å². The second kappa shape index (κ2) is 7.80. The standard InChI is InChI=1S/C29H27N5O/c1-19(12-23-9-11-32-10-8-22(13-27(23)32)20-2-3-20)29(35)25-14-30-34(16-25)18-26-17-33-15-24(21-4-5-21)6-7-28(33)31-26/h6-11,13-17,20-21H,1-5,12,18H2. The van der Waals surface area contributed by atoms with Crippen LogP contribution in [-0.4, -0.2) is 29.3 Å². The van der Waals surface area contributed by atoms with Crippen LogP contribution in [0, 0.1) is 0 Å². The maximum absolute atomic E-state index is 13.1. The lowest BCUT2D eigenvalue weighted by Crippen LogP contribution is -2.05. The van der Waals surface area contributed by atoms with Crippen molar-refractivity contribution in [3.8, 4) is 0 Å². The molecule has 7 rings (SSSR count). The Bertz CT molecular complexity index is 1610. The highest BCUT2D eigenvalue weighted by atomic mass is 16.1. The van der Waals surface area contributed by atoms with Crippen molar-refractivity contribution < 1.29 is 4.79 Å². The summed E-state index contributed by atoms with van der Waals surface area (Å²) in [6.07, 6.45) is 17.5. The lowest BCUT2D eigenvalue weighted by atomic mass is 10.0. The number of aromatic nitrogens is 5. The van der Waals surface area contributed by atoms with Crippen LogP contribution in [0.25, 0.3) is 11.2 Å². The molecule has 2 saturated carbocycles. The molecule has 0 radical (unpaired) electrons. The van der Waals surface area contributed by atoms with Crippen molar-refractivity contribution in [1.82, 2.24) is 23.6 Å². The Hall–Kier alpha value is -3.93. The van der Waals surface area contributed by atoms with E-state index in [0.29, 0.717) is 35.9 Å². The zero-order valence-electron chi connectivity index (χ0n) is 19.6. The van der Waals surface area contributed by atoms with Crippen molar-refractivity contribution >= 4 is 16.9 Å². The van der Waals surface area contributed by atoms with Gasteiger partial charge in [0.15, 0.2) is 5.78 Å². The topological polar surface area (TPSA) is 56.6 Å². The number of hydrogen-bond acceptors (Lipinski definition) is 3. The third-order valence-corrected chi connectivity index (χ3v) is 7.34. The summed E-state index contributed by atoms with van der Waals surface area (Å²) in [7, 11) is 0. The highest BCUT2D eigenvalue weighted by molar-refractivity contribution is 6.08. The summed E-state index contributed by atoms with van der Waals surface area (Å²) in [6, 6.07) is 10.8. The molecule has 6 nitrogen and oxygen atoms in total. The Morgan fingerprint density at radius 2 is 1.74 bits per heavy atom. The van der Waals surface area contributed by atoms with Gasteiger partial charge in [0.25, 0.3) is 0 Å². The van der Waals surface area contributed by atoms with E-state index in [9.17, 15) is 4.79 Å². The van der Waals surface area contributed by atoms with Crippen molar-refractivity contribution in [2.75, 3.05) is 0 Å². The molecule has 0 spiro atoms. The monoisotopic (exact) mass is 461 g/mol. The number of ketones is 1. The van der Waals surface area contributed by atoms with Crippen LogP contribution in [0.4, 0.5) is 0 Å². The molecular weight excluding hydrogens is 434 g/mol. The molecule has 5 aromatic heterocycles. The van der Waals surface area contributed by atoms with Crippen LogP contribution < -0.4 is 0 Å². The molecule has 35 heavy (non-hydrogen) atoms. The van der Waals surface area contributed by atoms with Crippen molar-refractivity contribution in [2.24, 2.45) is 0 Å². The lowest BCUT2D eigenvalue weighted by Gasteiger charge is -2.05. The highest BCUT2D eigenvalue weighted by Crippen LogP contribution is 2.41. The summed E-state index contributed by atoms with van der Waals surface area (Å²) in [4.78, 5) is 17.8. The van der Waals surface area contributed by atoms with Gasteiger partial charge in [-0.05, 0) is 84.0 Å². The molecule has 0 amide bonds. The summed E-state index contributed by atoms with van der Waals surface area (Å²) in [5.74, 6) is 1.35. The number of rotatable bonds is 8. The Morgan fingerprint density at radius 1 is 0.943 bits per heavy atom. The molecule has 0 saturated heterocycles. The summed E-state index contributed by atoms with van der Waals surface area (Å²) in [6.45, 7) is 4.64. The number of carbonyl (C=O) groups excluding carboxylic acids is 1.